The topological polar surface area (TPSA) is 67.8 Å². The minimum Gasteiger partial charge on any atom is -0.437 e. The second kappa shape index (κ2) is 10.8. The third-order valence-electron chi connectivity index (χ3n) is 6.49. The number of amides is 1. The molecule has 0 saturated carbocycles. The van der Waals surface area contributed by atoms with Gasteiger partial charge in [-0.05, 0) is 36.6 Å². The summed E-state index contributed by atoms with van der Waals surface area (Å²) in [6.45, 7) is 5.40. The van der Waals surface area contributed by atoms with E-state index in [9.17, 15) is 4.79 Å². The van der Waals surface area contributed by atoms with Gasteiger partial charge >= 0.3 is 0 Å². The van der Waals surface area contributed by atoms with E-state index in [0.29, 0.717) is 12.4 Å². The lowest BCUT2D eigenvalue weighted by Gasteiger charge is -2.33. The number of hydrogen-bond donors (Lipinski definition) is 0. The van der Waals surface area contributed by atoms with Crippen LogP contribution in [0, 0.1) is 0 Å². The van der Waals surface area contributed by atoms with E-state index in [1.165, 1.54) is 0 Å². The fourth-order valence-electron chi connectivity index (χ4n) is 4.72. The molecule has 2 saturated heterocycles. The molecule has 1 amide bonds. The summed E-state index contributed by atoms with van der Waals surface area (Å²) in [4.78, 5) is 27.0. The number of hydrogen-bond acceptors (Lipinski definition) is 6. The normalized spacial score (nSPS) is 19.1. The molecule has 0 N–H and O–H groups in total. The van der Waals surface area contributed by atoms with E-state index in [1.807, 2.05) is 53.4 Å². The van der Waals surface area contributed by atoms with Gasteiger partial charge in [-0.15, -0.1) is 0 Å². The molecule has 0 spiro atoms. The van der Waals surface area contributed by atoms with Crippen molar-refractivity contribution in [1.82, 2.24) is 19.8 Å². The highest BCUT2D eigenvalue weighted by molar-refractivity contribution is 5.95. The zero-order valence-electron chi connectivity index (χ0n) is 19.3. The molecule has 5 rings (SSSR count). The van der Waals surface area contributed by atoms with Gasteiger partial charge in [0.05, 0.1) is 13.2 Å². The van der Waals surface area contributed by atoms with Gasteiger partial charge in [0.25, 0.3) is 5.91 Å². The van der Waals surface area contributed by atoms with Crippen molar-refractivity contribution >= 4 is 5.91 Å². The van der Waals surface area contributed by atoms with Crippen molar-refractivity contribution in [2.24, 2.45) is 0 Å². The standard InChI is InChI=1S/C27H30N4O3/c32-27(24-11-5-4-7-21(24)19-30-15-17-33-18-16-30)31-14-6-8-22(20-31)25-26(29-13-12-28-25)34-23-9-2-1-3-10-23/h1-5,7,9-13,22H,6,8,14-20H2. The number of likely N-dealkylation sites (tertiary alicyclic amines) is 1. The van der Waals surface area contributed by atoms with Crippen LogP contribution in [-0.2, 0) is 11.3 Å². The Bertz CT molecular complexity index is 1100. The van der Waals surface area contributed by atoms with Crippen LogP contribution in [0.4, 0.5) is 0 Å². The molecule has 0 radical (unpaired) electrons. The van der Waals surface area contributed by atoms with Crippen LogP contribution >= 0.6 is 0 Å². The number of rotatable bonds is 6. The number of carbonyl (C=O) groups excluding carboxylic acids is 1. The van der Waals surface area contributed by atoms with Crippen molar-refractivity contribution in [2.75, 3.05) is 39.4 Å². The predicted molar refractivity (Wildman–Crippen MR) is 129 cm³/mol. The van der Waals surface area contributed by atoms with Crippen LogP contribution in [0.25, 0.3) is 0 Å². The van der Waals surface area contributed by atoms with Gasteiger partial charge in [-0.2, -0.15) is 0 Å². The minimum absolute atomic E-state index is 0.0801. The van der Waals surface area contributed by atoms with Crippen molar-refractivity contribution in [3.63, 3.8) is 0 Å². The number of morpholine rings is 1. The molecule has 0 aliphatic carbocycles. The summed E-state index contributed by atoms with van der Waals surface area (Å²) < 4.78 is 11.5. The molecule has 7 heteroatoms. The predicted octanol–water partition coefficient (Wildman–Crippen LogP) is 4.12. The number of aromatic nitrogens is 2. The van der Waals surface area contributed by atoms with Crippen molar-refractivity contribution in [2.45, 2.75) is 25.3 Å². The average Bonchev–Trinajstić information content (AvgIpc) is 2.90. The van der Waals surface area contributed by atoms with Gasteiger partial charge in [0.15, 0.2) is 0 Å². The molecular formula is C27H30N4O3. The van der Waals surface area contributed by atoms with E-state index in [0.717, 1.165) is 74.8 Å². The zero-order valence-corrected chi connectivity index (χ0v) is 19.3. The molecule has 2 fully saturated rings. The van der Waals surface area contributed by atoms with Crippen LogP contribution in [0.5, 0.6) is 11.6 Å². The Balaban J connectivity index is 1.32. The maximum atomic E-state index is 13.6. The van der Waals surface area contributed by atoms with E-state index in [2.05, 4.69) is 20.9 Å². The first-order valence-corrected chi connectivity index (χ1v) is 12.0. The molecule has 1 unspecified atom stereocenters. The van der Waals surface area contributed by atoms with Crippen LogP contribution in [0.2, 0.25) is 0 Å². The maximum Gasteiger partial charge on any atom is 0.254 e. The highest BCUT2D eigenvalue weighted by atomic mass is 16.5. The molecule has 176 valence electrons. The lowest BCUT2D eigenvalue weighted by atomic mass is 9.93. The van der Waals surface area contributed by atoms with E-state index < -0.39 is 0 Å². The quantitative estimate of drug-likeness (QED) is 0.554. The summed E-state index contributed by atoms with van der Waals surface area (Å²) in [5, 5.41) is 0. The van der Waals surface area contributed by atoms with Crippen molar-refractivity contribution in [1.29, 1.82) is 0 Å². The Hall–Kier alpha value is -3.29. The fraction of sp³-hybridized carbons (Fsp3) is 0.370. The van der Waals surface area contributed by atoms with Gasteiger partial charge in [0, 0.05) is 56.6 Å². The fourth-order valence-corrected chi connectivity index (χ4v) is 4.72. The summed E-state index contributed by atoms with van der Waals surface area (Å²) in [7, 11) is 0. The van der Waals surface area contributed by atoms with Crippen LogP contribution in [0.1, 0.15) is 40.4 Å². The summed E-state index contributed by atoms with van der Waals surface area (Å²) in [5.74, 6) is 1.41. The van der Waals surface area contributed by atoms with Crippen molar-refractivity contribution < 1.29 is 14.3 Å². The number of piperidine rings is 1. The Morgan fingerprint density at radius 1 is 0.971 bits per heavy atom. The molecular weight excluding hydrogens is 428 g/mol. The van der Waals surface area contributed by atoms with Crippen molar-refractivity contribution in [3.8, 4) is 11.6 Å². The minimum atomic E-state index is 0.0801. The first kappa shape index (κ1) is 22.5. The average molecular weight is 459 g/mol. The number of benzene rings is 2. The number of carbonyl (C=O) groups is 1. The van der Waals surface area contributed by atoms with E-state index in [-0.39, 0.29) is 11.8 Å². The third kappa shape index (κ3) is 5.26. The van der Waals surface area contributed by atoms with Gasteiger partial charge in [-0.1, -0.05) is 36.4 Å². The Kier molecular flexibility index (Phi) is 7.12. The van der Waals surface area contributed by atoms with Crippen LogP contribution in [0.15, 0.2) is 67.0 Å². The lowest BCUT2D eigenvalue weighted by molar-refractivity contribution is 0.0339. The highest BCUT2D eigenvalue weighted by Crippen LogP contribution is 2.33. The summed E-state index contributed by atoms with van der Waals surface area (Å²) in [5.41, 5.74) is 2.67. The molecule has 3 heterocycles. The second-order valence-electron chi connectivity index (χ2n) is 8.80. The van der Waals surface area contributed by atoms with Gasteiger partial charge in [-0.25, -0.2) is 4.98 Å². The summed E-state index contributed by atoms with van der Waals surface area (Å²) in [6, 6.07) is 17.6. The van der Waals surface area contributed by atoms with Gasteiger partial charge in [0.1, 0.15) is 11.4 Å². The van der Waals surface area contributed by atoms with Gasteiger partial charge in [-0.3, -0.25) is 14.7 Å². The molecule has 34 heavy (non-hydrogen) atoms. The Morgan fingerprint density at radius 2 is 1.74 bits per heavy atom. The second-order valence-corrected chi connectivity index (χ2v) is 8.80. The molecule has 1 aromatic heterocycles. The Morgan fingerprint density at radius 3 is 2.59 bits per heavy atom. The number of para-hydroxylation sites is 1. The monoisotopic (exact) mass is 458 g/mol. The molecule has 7 nitrogen and oxygen atoms in total. The van der Waals surface area contributed by atoms with Crippen LogP contribution < -0.4 is 4.74 Å². The summed E-state index contributed by atoms with van der Waals surface area (Å²) >= 11 is 0. The van der Waals surface area contributed by atoms with E-state index in [1.54, 1.807) is 12.4 Å². The molecule has 3 aromatic rings. The molecule has 2 aromatic carbocycles. The third-order valence-corrected chi connectivity index (χ3v) is 6.49. The maximum absolute atomic E-state index is 13.6. The van der Waals surface area contributed by atoms with Crippen LogP contribution in [-0.4, -0.2) is 65.1 Å². The molecule has 1 atom stereocenters. The van der Waals surface area contributed by atoms with Crippen LogP contribution in [0.3, 0.4) is 0 Å². The molecule has 0 bridgehead atoms. The van der Waals surface area contributed by atoms with Crippen molar-refractivity contribution in [3.05, 3.63) is 83.8 Å². The highest BCUT2D eigenvalue weighted by Gasteiger charge is 2.30. The molecule has 2 aliphatic rings. The van der Waals surface area contributed by atoms with E-state index >= 15 is 0 Å². The van der Waals surface area contributed by atoms with E-state index in [4.69, 9.17) is 9.47 Å². The smallest absolute Gasteiger partial charge is 0.254 e. The summed E-state index contributed by atoms with van der Waals surface area (Å²) in [6.07, 6.45) is 5.22. The number of nitrogens with zero attached hydrogens (tertiary/aromatic N) is 4. The first-order chi connectivity index (χ1) is 16.8. The van der Waals surface area contributed by atoms with Gasteiger partial charge < -0.3 is 14.4 Å². The zero-order chi connectivity index (χ0) is 23.2. The largest absolute Gasteiger partial charge is 0.437 e. The lowest BCUT2D eigenvalue weighted by Crippen LogP contribution is -2.40. The number of ether oxygens (including phenoxy) is 2. The SMILES string of the molecule is O=C(c1ccccc1CN1CCOCC1)N1CCCC(c2nccnc2Oc2ccccc2)C1. The first-order valence-electron chi connectivity index (χ1n) is 12.0. The van der Waals surface area contributed by atoms with Gasteiger partial charge in [0.2, 0.25) is 5.88 Å². The molecule has 2 aliphatic heterocycles. The Labute approximate surface area is 200 Å².